The molecule has 28 heavy (non-hydrogen) atoms. The molecule has 0 unspecified atom stereocenters. The van der Waals surface area contributed by atoms with E-state index in [4.69, 9.17) is 28.6 Å². The van der Waals surface area contributed by atoms with Gasteiger partial charge in [-0.15, -0.1) is 0 Å². The predicted molar refractivity (Wildman–Crippen MR) is 113 cm³/mol. The molecule has 0 bridgehead atoms. The number of nitro groups is 1. The van der Waals surface area contributed by atoms with Gasteiger partial charge in [0.05, 0.1) is 28.8 Å². The third-order valence-corrected chi connectivity index (χ3v) is 5.16. The molecule has 3 N–H and O–H groups in total. The van der Waals surface area contributed by atoms with E-state index in [2.05, 4.69) is 22.8 Å². The number of anilines is 1. The standard InChI is InChI=1S/C19H21ClN4O3S/c20-16-7-6-15(24(25)26)12-17(16)21-19(28)22-18(14-4-2-1-3-5-14)13-23-8-10-27-11-9-23/h1-7,12,18H,8-11,13H2,(H2,21,22,28)/p+1/t18-/m0/s1. The van der Waals surface area contributed by atoms with Crippen molar-refractivity contribution in [3.05, 3.63) is 69.2 Å². The Morgan fingerprint density at radius 1 is 1.25 bits per heavy atom. The maximum Gasteiger partial charge on any atom is 0.271 e. The number of hydrogen-bond donors (Lipinski definition) is 3. The van der Waals surface area contributed by atoms with Crippen molar-refractivity contribution in [3.63, 3.8) is 0 Å². The first kappa shape index (κ1) is 20.5. The van der Waals surface area contributed by atoms with E-state index < -0.39 is 4.92 Å². The van der Waals surface area contributed by atoms with Gasteiger partial charge in [0.2, 0.25) is 0 Å². The fourth-order valence-electron chi connectivity index (χ4n) is 3.13. The van der Waals surface area contributed by atoms with Crippen molar-refractivity contribution in [1.29, 1.82) is 0 Å². The van der Waals surface area contributed by atoms with Gasteiger partial charge < -0.3 is 20.3 Å². The van der Waals surface area contributed by atoms with E-state index in [0.29, 0.717) is 15.8 Å². The van der Waals surface area contributed by atoms with Crippen LogP contribution in [0.2, 0.25) is 5.02 Å². The summed E-state index contributed by atoms with van der Waals surface area (Å²) in [6.07, 6.45) is 0. The lowest BCUT2D eigenvalue weighted by atomic mass is 10.1. The van der Waals surface area contributed by atoms with Crippen LogP contribution < -0.4 is 15.5 Å². The molecule has 9 heteroatoms. The van der Waals surface area contributed by atoms with Gasteiger partial charge in [-0.3, -0.25) is 10.1 Å². The van der Waals surface area contributed by atoms with E-state index in [0.717, 1.165) is 38.4 Å². The molecule has 148 valence electrons. The van der Waals surface area contributed by atoms with Crippen LogP contribution in [0.3, 0.4) is 0 Å². The summed E-state index contributed by atoms with van der Waals surface area (Å²) >= 11 is 11.6. The molecule has 0 saturated carbocycles. The van der Waals surface area contributed by atoms with E-state index in [-0.39, 0.29) is 11.7 Å². The molecule has 3 rings (SSSR count). The Labute approximate surface area is 173 Å². The van der Waals surface area contributed by atoms with Gasteiger partial charge in [0.25, 0.3) is 5.69 Å². The summed E-state index contributed by atoms with van der Waals surface area (Å²) in [7, 11) is 0. The first-order valence-electron chi connectivity index (χ1n) is 9.00. The number of nitro benzene ring substituents is 1. The maximum absolute atomic E-state index is 11.0. The summed E-state index contributed by atoms with van der Waals surface area (Å²) in [5.41, 5.74) is 1.47. The molecule has 0 spiro atoms. The molecule has 2 aromatic carbocycles. The molecule has 1 saturated heterocycles. The first-order chi connectivity index (χ1) is 13.5. The number of hydrogen-bond acceptors (Lipinski definition) is 4. The van der Waals surface area contributed by atoms with E-state index in [1.165, 1.54) is 23.1 Å². The highest BCUT2D eigenvalue weighted by Gasteiger charge is 2.22. The molecule has 0 aromatic heterocycles. The van der Waals surface area contributed by atoms with Gasteiger partial charge in [-0.25, -0.2) is 0 Å². The Bertz CT molecular complexity index is 831. The molecule has 0 radical (unpaired) electrons. The Kier molecular flexibility index (Phi) is 7.16. The SMILES string of the molecule is O=[N+]([O-])c1ccc(Cl)c(NC(=S)N[C@@H](C[NH+]2CCOCC2)c2ccccc2)c1. The minimum atomic E-state index is -0.466. The number of nitrogens with one attached hydrogen (secondary N) is 3. The van der Waals surface area contributed by atoms with Gasteiger partial charge in [-0.2, -0.15) is 0 Å². The van der Waals surface area contributed by atoms with Crippen molar-refractivity contribution in [2.45, 2.75) is 6.04 Å². The molecule has 1 fully saturated rings. The number of rotatable bonds is 6. The normalized spacial score (nSPS) is 15.6. The number of ether oxygens (including phenoxy) is 1. The van der Waals surface area contributed by atoms with E-state index in [1.807, 2.05) is 18.2 Å². The molecule has 0 amide bonds. The highest BCUT2D eigenvalue weighted by atomic mass is 35.5. The minimum absolute atomic E-state index is 0.00762. The van der Waals surface area contributed by atoms with Crippen LogP contribution in [0.4, 0.5) is 11.4 Å². The van der Waals surface area contributed by atoms with Crippen LogP contribution in [-0.2, 0) is 4.74 Å². The summed E-state index contributed by atoms with van der Waals surface area (Å²) in [5, 5.41) is 18.1. The van der Waals surface area contributed by atoms with Gasteiger partial charge >= 0.3 is 0 Å². The fraction of sp³-hybridized carbons (Fsp3) is 0.316. The monoisotopic (exact) mass is 421 g/mol. The average molecular weight is 422 g/mol. The predicted octanol–water partition coefficient (Wildman–Crippen LogP) is 2.19. The summed E-state index contributed by atoms with van der Waals surface area (Å²) < 4.78 is 5.44. The molecule has 1 aliphatic heterocycles. The molecule has 1 heterocycles. The lowest BCUT2D eigenvalue weighted by Gasteiger charge is -2.29. The topological polar surface area (TPSA) is 80.9 Å². The number of benzene rings is 2. The van der Waals surface area contributed by atoms with Crippen molar-refractivity contribution in [2.75, 3.05) is 38.2 Å². The highest BCUT2D eigenvalue weighted by molar-refractivity contribution is 7.80. The van der Waals surface area contributed by atoms with E-state index in [9.17, 15) is 10.1 Å². The molecular formula is C19H22ClN4O3S+. The Balaban J connectivity index is 1.72. The second kappa shape index (κ2) is 9.79. The quantitative estimate of drug-likeness (QED) is 0.377. The summed E-state index contributed by atoms with van der Waals surface area (Å²) in [6, 6.07) is 14.3. The van der Waals surface area contributed by atoms with Gasteiger partial charge in [0, 0.05) is 12.1 Å². The Morgan fingerprint density at radius 2 is 1.96 bits per heavy atom. The molecule has 1 atom stereocenters. The van der Waals surface area contributed by atoms with Crippen LogP contribution in [0.25, 0.3) is 0 Å². The number of morpholine rings is 1. The van der Waals surface area contributed by atoms with Crippen LogP contribution in [0.1, 0.15) is 11.6 Å². The zero-order valence-electron chi connectivity index (χ0n) is 15.2. The van der Waals surface area contributed by atoms with Crippen molar-refractivity contribution in [2.24, 2.45) is 0 Å². The lowest BCUT2D eigenvalue weighted by Crippen LogP contribution is -3.14. The number of thiocarbonyl (C=S) groups is 1. The second-order valence-corrected chi connectivity index (χ2v) is 7.36. The van der Waals surface area contributed by atoms with Crippen molar-refractivity contribution < 1.29 is 14.6 Å². The summed E-state index contributed by atoms with van der Waals surface area (Å²) in [4.78, 5) is 12.0. The van der Waals surface area contributed by atoms with E-state index in [1.54, 1.807) is 0 Å². The van der Waals surface area contributed by atoms with Gasteiger partial charge in [0.1, 0.15) is 25.7 Å². The average Bonchev–Trinajstić information content (AvgIpc) is 2.70. The largest absolute Gasteiger partial charge is 0.370 e. The van der Waals surface area contributed by atoms with Crippen LogP contribution in [0.15, 0.2) is 48.5 Å². The van der Waals surface area contributed by atoms with Crippen LogP contribution in [0, 0.1) is 10.1 Å². The summed E-state index contributed by atoms with van der Waals surface area (Å²) in [6.45, 7) is 4.24. The number of halogens is 1. The third-order valence-electron chi connectivity index (χ3n) is 4.61. The molecular weight excluding hydrogens is 400 g/mol. The van der Waals surface area contributed by atoms with Crippen LogP contribution in [-0.4, -0.2) is 42.9 Å². The van der Waals surface area contributed by atoms with Crippen molar-refractivity contribution in [1.82, 2.24) is 5.32 Å². The third kappa shape index (κ3) is 5.62. The minimum Gasteiger partial charge on any atom is -0.370 e. The van der Waals surface area contributed by atoms with Gasteiger partial charge in [-0.1, -0.05) is 41.9 Å². The second-order valence-electron chi connectivity index (χ2n) is 6.55. The zero-order chi connectivity index (χ0) is 19.9. The molecule has 2 aromatic rings. The maximum atomic E-state index is 11.0. The fourth-order valence-corrected chi connectivity index (χ4v) is 3.55. The highest BCUT2D eigenvalue weighted by Crippen LogP contribution is 2.26. The number of non-ortho nitro benzene ring substituents is 1. The molecule has 1 aliphatic rings. The molecule has 7 nitrogen and oxygen atoms in total. The van der Waals surface area contributed by atoms with Gasteiger partial charge in [-0.05, 0) is 23.8 Å². The smallest absolute Gasteiger partial charge is 0.271 e. The Hall–Kier alpha value is -2.26. The van der Waals surface area contributed by atoms with Crippen molar-refractivity contribution in [3.8, 4) is 0 Å². The van der Waals surface area contributed by atoms with E-state index >= 15 is 0 Å². The lowest BCUT2D eigenvalue weighted by molar-refractivity contribution is -0.909. The number of nitrogens with zero attached hydrogens (tertiary/aromatic N) is 1. The first-order valence-corrected chi connectivity index (χ1v) is 9.79. The number of quaternary nitrogens is 1. The zero-order valence-corrected chi connectivity index (χ0v) is 16.8. The van der Waals surface area contributed by atoms with Crippen LogP contribution >= 0.6 is 23.8 Å². The van der Waals surface area contributed by atoms with Gasteiger partial charge in [0.15, 0.2) is 5.11 Å². The molecule has 0 aliphatic carbocycles. The van der Waals surface area contributed by atoms with Crippen LogP contribution in [0.5, 0.6) is 0 Å². The van der Waals surface area contributed by atoms with Crippen molar-refractivity contribution >= 4 is 40.3 Å². The summed E-state index contributed by atoms with van der Waals surface area (Å²) in [5.74, 6) is 0. The Morgan fingerprint density at radius 3 is 2.64 bits per heavy atom.